The van der Waals surface area contributed by atoms with E-state index in [1.807, 2.05) is 0 Å². The summed E-state index contributed by atoms with van der Waals surface area (Å²) in [7, 11) is -4.35. The maximum Gasteiger partial charge on any atom is 1.00 e. The Balaban J connectivity index is 0. The first-order valence-electron chi connectivity index (χ1n) is 1.91. The molecule has 0 bridgehead atoms. The molecule has 0 rings (SSSR count). The van der Waals surface area contributed by atoms with Gasteiger partial charge in [-0.15, -0.1) is 0 Å². The number of hydrogen-bond acceptors (Lipinski definition) is 3. The summed E-state index contributed by atoms with van der Waals surface area (Å²) >= 11 is 0. The fourth-order valence-corrected chi connectivity index (χ4v) is 0.658. The predicted molar refractivity (Wildman–Crippen MR) is 28.4 cm³/mol. The standard InChI is InChI=1S/C2H5NO5P.Li/c4-2(3-5)1-9(6,7)8;/h1H2,(H3-,3,4,5,6,7,8);/q-1;+1. The average Bonchev–Trinajstić information content (AvgIpc) is 1.62. The molecule has 0 radical (unpaired) electrons. The molecule has 0 fully saturated rings. The zero-order valence-corrected chi connectivity index (χ0v) is 6.17. The number of carbonyl (C=O) groups excluding carboxylic acids is 1. The third-order valence-corrected chi connectivity index (χ3v) is 1.16. The normalized spacial score (nSPS) is 9.90. The van der Waals surface area contributed by atoms with Gasteiger partial charge < -0.3 is 20.5 Å². The van der Waals surface area contributed by atoms with Gasteiger partial charge in [-0.1, -0.05) is 0 Å². The smallest absolute Gasteiger partial charge is 0.759 e. The van der Waals surface area contributed by atoms with E-state index in [2.05, 4.69) is 0 Å². The third-order valence-electron chi connectivity index (χ3n) is 0.463. The topological polar surface area (TPSA) is 110 Å². The van der Waals surface area contributed by atoms with Crippen LogP contribution in [0, 0.1) is 5.21 Å². The van der Waals surface area contributed by atoms with Gasteiger partial charge in [0, 0.05) is 0 Å². The molecule has 54 valence electrons. The third kappa shape index (κ3) is 8.18. The van der Waals surface area contributed by atoms with Gasteiger partial charge in [-0.05, 0) is 0 Å². The molecule has 0 heterocycles. The van der Waals surface area contributed by atoms with E-state index in [1.54, 1.807) is 0 Å². The van der Waals surface area contributed by atoms with Crippen LogP contribution in [0.25, 0.3) is 0 Å². The molecule has 0 saturated heterocycles. The van der Waals surface area contributed by atoms with Gasteiger partial charge in [0.25, 0.3) is 0 Å². The number of nitrogens with one attached hydrogen (secondary N) is 1. The van der Waals surface area contributed by atoms with Crippen LogP contribution in [0.15, 0.2) is 0 Å². The first-order chi connectivity index (χ1) is 3.95. The Labute approximate surface area is 68.9 Å². The van der Waals surface area contributed by atoms with Gasteiger partial charge >= 0.3 is 26.5 Å². The van der Waals surface area contributed by atoms with Crippen LogP contribution in [0.2, 0.25) is 0 Å². The molecule has 0 spiro atoms. The van der Waals surface area contributed by atoms with E-state index >= 15 is 0 Å². The molecule has 0 atom stereocenters. The monoisotopic (exact) mass is 161 g/mol. The van der Waals surface area contributed by atoms with Crippen molar-refractivity contribution in [1.82, 2.24) is 5.48 Å². The molecule has 0 aliphatic rings. The number of amides is 1. The minimum absolute atomic E-state index is 0. The first-order valence-corrected chi connectivity index (χ1v) is 3.71. The molecule has 8 heteroatoms. The molecular weight excluding hydrogens is 156 g/mol. The van der Waals surface area contributed by atoms with Gasteiger partial charge in [-0.3, -0.25) is 9.36 Å². The first kappa shape index (κ1) is 12.8. The molecule has 6 nitrogen and oxygen atoms in total. The van der Waals surface area contributed by atoms with Gasteiger partial charge in [-0.2, -0.15) is 0 Å². The molecule has 0 aliphatic heterocycles. The molecule has 0 aromatic carbocycles. The van der Waals surface area contributed by atoms with Crippen LogP contribution >= 0.6 is 7.60 Å². The van der Waals surface area contributed by atoms with Crippen LogP contribution in [0.4, 0.5) is 0 Å². The van der Waals surface area contributed by atoms with Crippen molar-refractivity contribution in [2.45, 2.75) is 0 Å². The van der Waals surface area contributed by atoms with E-state index in [-0.39, 0.29) is 18.9 Å². The van der Waals surface area contributed by atoms with Crippen molar-refractivity contribution < 1.29 is 38.0 Å². The summed E-state index contributed by atoms with van der Waals surface area (Å²) in [6.07, 6.45) is -1.05. The van der Waals surface area contributed by atoms with Crippen LogP contribution in [0.5, 0.6) is 0 Å². The second-order valence-corrected chi connectivity index (χ2v) is 2.99. The number of carbonyl (C=O) groups is 1. The number of hydroxylamine groups is 1. The van der Waals surface area contributed by atoms with Gasteiger partial charge in [0.2, 0.25) is 5.91 Å². The Morgan fingerprint density at radius 1 is 1.60 bits per heavy atom. The van der Waals surface area contributed by atoms with Crippen molar-refractivity contribution in [3.05, 3.63) is 5.21 Å². The zero-order valence-electron chi connectivity index (χ0n) is 5.27. The van der Waals surface area contributed by atoms with E-state index in [0.717, 1.165) is 5.48 Å². The minimum Gasteiger partial charge on any atom is -0.759 e. The van der Waals surface area contributed by atoms with Crippen LogP contribution in [0.1, 0.15) is 0 Å². The molecule has 3 N–H and O–H groups in total. The summed E-state index contributed by atoms with van der Waals surface area (Å²) in [4.78, 5) is 26.0. The van der Waals surface area contributed by atoms with E-state index in [4.69, 9.17) is 9.79 Å². The van der Waals surface area contributed by atoms with Crippen LogP contribution in [-0.2, 0) is 9.36 Å². The van der Waals surface area contributed by atoms with Gasteiger partial charge in [-0.25, -0.2) is 0 Å². The zero-order chi connectivity index (χ0) is 7.49. The summed E-state index contributed by atoms with van der Waals surface area (Å²) in [6, 6.07) is 0. The largest absolute Gasteiger partial charge is 1.00 e. The van der Waals surface area contributed by atoms with Crippen molar-refractivity contribution in [1.29, 1.82) is 0 Å². The maximum atomic E-state index is 9.91. The summed E-state index contributed by atoms with van der Waals surface area (Å²) in [5.41, 5.74) is 0.840. The summed E-state index contributed by atoms with van der Waals surface area (Å²) in [5, 5.41) is 9.36. The predicted octanol–water partition coefficient (Wildman–Crippen LogP) is -4.22. The van der Waals surface area contributed by atoms with Crippen molar-refractivity contribution in [2.24, 2.45) is 0 Å². The second-order valence-electron chi connectivity index (χ2n) is 1.35. The van der Waals surface area contributed by atoms with Crippen molar-refractivity contribution in [2.75, 3.05) is 6.16 Å². The van der Waals surface area contributed by atoms with Crippen molar-refractivity contribution in [3.8, 4) is 0 Å². The molecular formula is C2H5LiNO5P. The van der Waals surface area contributed by atoms with Crippen molar-refractivity contribution >= 4 is 13.5 Å². The summed E-state index contributed by atoms with van der Waals surface area (Å²) in [6.45, 7) is 0. The van der Waals surface area contributed by atoms with Gasteiger partial charge in [0.15, 0.2) is 0 Å². The maximum absolute atomic E-state index is 9.91. The molecule has 0 aromatic heterocycles. The minimum atomic E-state index is -4.35. The van der Waals surface area contributed by atoms with Crippen LogP contribution < -0.4 is 24.3 Å². The molecule has 0 aliphatic carbocycles. The molecule has 0 aromatic rings. The fraction of sp³-hybridized carbons (Fsp3) is 0.500. The van der Waals surface area contributed by atoms with E-state index in [0.29, 0.717) is 0 Å². The Morgan fingerprint density at radius 3 is 2.10 bits per heavy atom. The SMILES string of the molecule is O=C(CP(=O)(O)O)N[O-].[Li+]. The Bertz CT molecular complexity index is 154. The number of rotatable bonds is 2. The Kier molecular flexibility index (Phi) is 6.30. The summed E-state index contributed by atoms with van der Waals surface area (Å²) in [5.74, 6) is -1.21. The Hall–Kier alpha value is 0.177. The molecule has 0 unspecified atom stereocenters. The van der Waals surface area contributed by atoms with Crippen LogP contribution in [-0.4, -0.2) is 21.9 Å². The van der Waals surface area contributed by atoms with Crippen LogP contribution in [0.3, 0.4) is 0 Å². The van der Waals surface area contributed by atoms with E-state index < -0.39 is 19.7 Å². The quantitative estimate of drug-likeness (QED) is 0.216. The van der Waals surface area contributed by atoms with E-state index in [9.17, 15) is 14.6 Å². The van der Waals surface area contributed by atoms with Gasteiger partial charge in [0.05, 0.1) is 0 Å². The van der Waals surface area contributed by atoms with E-state index in [1.165, 1.54) is 0 Å². The average molecular weight is 161 g/mol. The van der Waals surface area contributed by atoms with Gasteiger partial charge in [0.1, 0.15) is 6.16 Å². The Morgan fingerprint density at radius 2 is 2.00 bits per heavy atom. The fourth-order valence-electron chi connectivity index (χ4n) is 0.219. The summed E-state index contributed by atoms with van der Waals surface area (Å²) < 4.78 is 9.90. The molecule has 1 amide bonds. The molecule has 10 heavy (non-hydrogen) atoms. The number of hydrogen-bond donors (Lipinski definition) is 3. The molecule has 0 saturated carbocycles. The second kappa shape index (κ2) is 4.91. The van der Waals surface area contributed by atoms with Crippen molar-refractivity contribution in [3.63, 3.8) is 0 Å².